The Hall–Kier alpha value is -1.12. The van der Waals surface area contributed by atoms with Crippen molar-refractivity contribution < 1.29 is 14.7 Å². The molecule has 0 fully saturated rings. The fourth-order valence-electron chi connectivity index (χ4n) is 1.50. The van der Waals surface area contributed by atoms with Crippen molar-refractivity contribution in [1.29, 1.82) is 0 Å². The zero-order valence-corrected chi connectivity index (χ0v) is 8.18. The fraction of sp³-hybridized carbons (Fsp3) is 0.600. The Morgan fingerprint density at radius 3 is 2.38 bits per heavy atom. The molecule has 1 aliphatic carbocycles. The lowest BCUT2D eigenvalue weighted by Crippen LogP contribution is -2.28. The summed E-state index contributed by atoms with van der Waals surface area (Å²) in [5.41, 5.74) is -0.439. The van der Waals surface area contributed by atoms with Gasteiger partial charge in [0.2, 0.25) is 0 Å². The third kappa shape index (κ3) is 1.64. The van der Waals surface area contributed by atoms with Crippen molar-refractivity contribution in [2.75, 3.05) is 0 Å². The summed E-state index contributed by atoms with van der Waals surface area (Å²) in [5, 5.41) is 9.68. The lowest BCUT2D eigenvalue weighted by atomic mass is 9.76. The minimum Gasteiger partial charge on any atom is -0.511 e. The van der Waals surface area contributed by atoms with Gasteiger partial charge in [-0.2, -0.15) is 0 Å². The summed E-state index contributed by atoms with van der Waals surface area (Å²) in [5.74, 6) is -0.615. The highest BCUT2D eigenvalue weighted by Crippen LogP contribution is 2.37. The number of hydrogen-bond acceptors (Lipinski definition) is 3. The van der Waals surface area contributed by atoms with Crippen LogP contribution in [0.2, 0.25) is 0 Å². The molecule has 1 rings (SSSR count). The van der Waals surface area contributed by atoms with Gasteiger partial charge in [-0.15, -0.1) is 0 Å². The quantitative estimate of drug-likeness (QED) is 0.629. The van der Waals surface area contributed by atoms with E-state index in [1.165, 1.54) is 6.92 Å². The van der Waals surface area contributed by atoms with E-state index in [9.17, 15) is 14.7 Å². The predicted molar refractivity (Wildman–Crippen MR) is 48.4 cm³/mol. The van der Waals surface area contributed by atoms with Gasteiger partial charge in [-0.1, -0.05) is 13.8 Å². The number of hydrogen-bond donors (Lipinski definition) is 1. The van der Waals surface area contributed by atoms with Gasteiger partial charge in [0, 0.05) is 11.8 Å². The standard InChI is InChI=1S/C10H14O3/c1-6(11)8-7(12)4-5-10(2,3)9(8)13/h13H,4-5H2,1-3H3. The molecule has 0 aliphatic heterocycles. The van der Waals surface area contributed by atoms with E-state index in [4.69, 9.17) is 0 Å². The van der Waals surface area contributed by atoms with Gasteiger partial charge in [0.15, 0.2) is 11.6 Å². The summed E-state index contributed by atoms with van der Waals surface area (Å²) in [6, 6.07) is 0. The van der Waals surface area contributed by atoms with Crippen molar-refractivity contribution in [3.8, 4) is 0 Å². The van der Waals surface area contributed by atoms with E-state index >= 15 is 0 Å². The van der Waals surface area contributed by atoms with Crippen LogP contribution >= 0.6 is 0 Å². The average Bonchev–Trinajstić information content (AvgIpc) is 1.98. The summed E-state index contributed by atoms with van der Waals surface area (Å²) in [6.07, 6.45) is 0.959. The zero-order valence-electron chi connectivity index (χ0n) is 8.18. The Balaban J connectivity index is 3.23. The van der Waals surface area contributed by atoms with Crippen molar-refractivity contribution in [3.05, 3.63) is 11.3 Å². The Labute approximate surface area is 77.4 Å². The van der Waals surface area contributed by atoms with Gasteiger partial charge < -0.3 is 5.11 Å². The van der Waals surface area contributed by atoms with Crippen molar-refractivity contribution in [2.24, 2.45) is 5.41 Å². The van der Waals surface area contributed by atoms with Crippen LogP contribution in [0.1, 0.15) is 33.6 Å². The van der Waals surface area contributed by atoms with Gasteiger partial charge in [0.25, 0.3) is 0 Å². The molecule has 0 aromatic heterocycles. The van der Waals surface area contributed by atoms with Crippen molar-refractivity contribution >= 4 is 11.6 Å². The summed E-state index contributed by atoms with van der Waals surface area (Å²) in [6.45, 7) is 4.97. The molecule has 0 radical (unpaired) electrons. The van der Waals surface area contributed by atoms with Crippen LogP contribution in [0, 0.1) is 5.41 Å². The highest BCUT2D eigenvalue weighted by Gasteiger charge is 2.35. The molecule has 3 heteroatoms. The van der Waals surface area contributed by atoms with Crippen molar-refractivity contribution in [3.63, 3.8) is 0 Å². The maximum absolute atomic E-state index is 11.3. The Morgan fingerprint density at radius 1 is 1.46 bits per heavy atom. The molecule has 0 saturated carbocycles. The maximum Gasteiger partial charge on any atom is 0.169 e. The first-order chi connectivity index (χ1) is 5.86. The molecule has 0 amide bonds. The first-order valence-electron chi connectivity index (χ1n) is 4.34. The third-order valence-electron chi connectivity index (χ3n) is 2.49. The second-order valence-corrected chi connectivity index (χ2v) is 4.09. The smallest absolute Gasteiger partial charge is 0.169 e. The molecule has 0 bridgehead atoms. The molecule has 72 valence electrons. The van der Waals surface area contributed by atoms with E-state index in [0.29, 0.717) is 12.8 Å². The number of aliphatic hydroxyl groups excluding tert-OH is 1. The number of allylic oxidation sites excluding steroid dienone is 2. The molecule has 0 aromatic rings. The first kappa shape index (κ1) is 9.96. The summed E-state index contributed by atoms with van der Waals surface area (Å²) >= 11 is 0. The van der Waals surface area contributed by atoms with E-state index in [2.05, 4.69) is 0 Å². The average molecular weight is 182 g/mol. The maximum atomic E-state index is 11.3. The summed E-state index contributed by atoms with van der Waals surface area (Å²) in [7, 11) is 0. The molecule has 0 aromatic carbocycles. The molecule has 1 aliphatic rings. The van der Waals surface area contributed by atoms with Crippen LogP contribution in [0.3, 0.4) is 0 Å². The van der Waals surface area contributed by atoms with Crippen LogP contribution in [0.25, 0.3) is 0 Å². The molecular formula is C10H14O3. The predicted octanol–water partition coefficient (Wildman–Crippen LogP) is 1.78. The third-order valence-corrected chi connectivity index (χ3v) is 2.49. The molecule has 0 spiro atoms. The van der Waals surface area contributed by atoms with Gasteiger partial charge in [-0.05, 0) is 13.3 Å². The van der Waals surface area contributed by atoms with Gasteiger partial charge in [-0.3, -0.25) is 9.59 Å². The minimum absolute atomic E-state index is 0.00347. The van der Waals surface area contributed by atoms with Crippen molar-refractivity contribution in [1.82, 2.24) is 0 Å². The van der Waals surface area contributed by atoms with E-state index in [1.807, 2.05) is 13.8 Å². The van der Waals surface area contributed by atoms with E-state index < -0.39 is 5.41 Å². The first-order valence-corrected chi connectivity index (χ1v) is 4.34. The van der Waals surface area contributed by atoms with Crippen molar-refractivity contribution in [2.45, 2.75) is 33.6 Å². The molecule has 0 heterocycles. The Morgan fingerprint density at radius 2 is 2.00 bits per heavy atom. The number of aliphatic hydroxyl groups is 1. The molecule has 0 unspecified atom stereocenters. The number of Topliss-reactive ketones (excluding diaryl/α,β-unsaturated/α-hetero) is 2. The fourth-order valence-corrected chi connectivity index (χ4v) is 1.50. The Kier molecular flexibility index (Phi) is 2.28. The summed E-state index contributed by atoms with van der Waals surface area (Å²) in [4.78, 5) is 22.4. The number of rotatable bonds is 1. The lowest BCUT2D eigenvalue weighted by molar-refractivity contribution is -0.122. The molecular weight excluding hydrogens is 168 g/mol. The van der Waals surface area contributed by atoms with Crippen LogP contribution in [-0.4, -0.2) is 16.7 Å². The largest absolute Gasteiger partial charge is 0.511 e. The molecule has 0 saturated heterocycles. The lowest BCUT2D eigenvalue weighted by Gasteiger charge is -2.29. The van der Waals surface area contributed by atoms with Crippen LogP contribution in [0.4, 0.5) is 0 Å². The van der Waals surface area contributed by atoms with Crippen LogP contribution in [0.15, 0.2) is 11.3 Å². The molecule has 3 nitrogen and oxygen atoms in total. The SMILES string of the molecule is CC(=O)C1=C(O)C(C)(C)CCC1=O. The minimum atomic E-state index is -0.436. The van der Waals surface area contributed by atoms with Crippen LogP contribution < -0.4 is 0 Å². The number of carbonyl (C=O) groups excluding carboxylic acids is 2. The highest BCUT2D eigenvalue weighted by atomic mass is 16.3. The molecule has 1 N–H and O–H groups in total. The monoisotopic (exact) mass is 182 g/mol. The van der Waals surface area contributed by atoms with Gasteiger partial charge in [0.05, 0.1) is 5.57 Å². The normalized spacial score (nSPS) is 21.9. The highest BCUT2D eigenvalue weighted by molar-refractivity contribution is 6.20. The van der Waals surface area contributed by atoms with Crippen LogP contribution in [0.5, 0.6) is 0 Å². The second kappa shape index (κ2) is 2.98. The molecule has 0 atom stereocenters. The Bertz CT molecular complexity index is 297. The summed E-state index contributed by atoms with van der Waals surface area (Å²) < 4.78 is 0. The molecule has 13 heavy (non-hydrogen) atoms. The van der Waals surface area contributed by atoms with Crippen LogP contribution in [-0.2, 0) is 9.59 Å². The zero-order chi connectivity index (χ0) is 10.2. The number of ketones is 2. The van der Waals surface area contributed by atoms with Gasteiger partial charge in [-0.25, -0.2) is 0 Å². The van der Waals surface area contributed by atoms with Gasteiger partial charge >= 0.3 is 0 Å². The van der Waals surface area contributed by atoms with E-state index in [1.54, 1.807) is 0 Å². The van der Waals surface area contributed by atoms with Gasteiger partial charge in [0.1, 0.15) is 5.76 Å². The van der Waals surface area contributed by atoms with E-state index in [-0.39, 0.29) is 22.9 Å². The van der Waals surface area contributed by atoms with E-state index in [0.717, 1.165) is 0 Å². The second-order valence-electron chi connectivity index (χ2n) is 4.09. The number of carbonyl (C=O) groups is 2. The topological polar surface area (TPSA) is 54.4 Å².